The number of aryl methyl sites for hydroxylation is 1. The van der Waals surface area contributed by atoms with E-state index in [0.29, 0.717) is 12.6 Å². The topological polar surface area (TPSA) is 46.1 Å². The Labute approximate surface area is 103 Å². The van der Waals surface area contributed by atoms with E-state index in [1.807, 2.05) is 27.0 Å². The average Bonchev–Trinajstić information content (AvgIpc) is 2.54. The molecule has 96 valence electrons. The summed E-state index contributed by atoms with van der Waals surface area (Å²) in [4.78, 5) is 12.0. The number of carbonyl (C=O) groups is 1. The van der Waals surface area contributed by atoms with Crippen molar-refractivity contribution in [1.82, 2.24) is 15.2 Å². The highest BCUT2D eigenvalue weighted by molar-refractivity contribution is 5.95. The molecule has 4 heteroatoms. The zero-order chi connectivity index (χ0) is 13.0. The van der Waals surface area contributed by atoms with Crippen molar-refractivity contribution in [3.63, 3.8) is 0 Å². The Kier molecular flexibility index (Phi) is 4.75. The lowest BCUT2D eigenvalue weighted by atomic mass is 10.2. The predicted molar refractivity (Wildman–Crippen MR) is 70.6 cm³/mol. The van der Waals surface area contributed by atoms with E-state index < -0.39 is 0 Å². The van der Waals surface area contributed by atoms with Crippen molar-refractivity contribution in [2.45, 2.75) is 33.7 Å². The molecule has 0 aliphatic heterocycles. The van der Waals surface area contributed by atoms with Gasteiger partial charge >= 0.3 is 0 Å². The fourth-order valence-electron chi connectivity index (χ4n) is 2.20. The van der Waals surface area contributed by atoms with Crippen molar-refractivity contribution >= 4 is 5.91 Å². The van der Waals surface area contributed by atoms with Crippen LogP contribution in [0.5, 0.6) is 0 Å². The third kappa shape index (κ3) is 3.09. The molecule has 1 aromatic heterocycles. The van der Waals surface area contributed by atoms with Crippen molar-refractivity contribution in [2.75, 3.05) is 20.1 Å². The van der Waals surface area contributed by atoms with Gasteiger partial charge in [-0.05, 0) is 40.8 Å². The number of carbonyl (C=O) groups excluding carboxylic acids is 1. The van der Waals surface area contributed by atoms with Gasteiger partial charge in [0.2, 0.25) is 0 Å². The molecule has 0 spiro atoms. The minimum Gasteiger partial charge on any atom is -0.351 e. The Morgan fingerprint density at radius 2 is 2.00 bits per heavy atom. The second kappa shape index (κ2) is 5.87. The van der Waals surface area contributed by atoms with E-state index in [9.17, 15) is 4.79 Å². The van der Waals surface area contributed by atoms with Crippen LogP contribution < -0.4 is 10.6 Å². The molecule has 17 heavy (non-hydrogen) atoms. The van der Waals surface area contributed by atoms with Gasteiger partial charge < -0.3 is 15.2 Å². The van der Waals surface area contributed by atoms with Gasteiger partial charge in [0.1, 0.15) is 0 Å². The second-order valence-corrected chi connectivity index (χ2v) is 4.61. The summed E-state index contributed by atoms with van der Waals surface area (Å²) in [7, 11) is 1.87. The summed E-state index contributed by atoms with van der Waals surface area (Å²) in [5, 5.41) is 5.91. The highest BCUT2D eigenvalue weighted by atomic mass is 16.1. The van der Waals surface area contributed by atoms with E-state index in [-0.39, 0.29) is 5.91 Å². The van der Waals surface area contributed by atoms with E-state index in [0.717, 1.165) is 23.5 Å². The zero-order valence-electron chi connectivity index (χ0n) is 11.4. The Balaban J connectivity index is 2.84. The summed E-state index contributed by atoms with van der Waals surface area (Å²) in [6.45, 7) is 9.73. The largest absolute Gasteiger partial charge is 0.351 e. The molecule has 1 amide bonds. The normalized spacial score (nSPS) is 10.9. The molecule has 1 heterocycles. The standard InChI is InChI=1S/C13H23N3O/c1-9(2)16-10(3)8-12(11(16)4)13(17)15-7-6-14-5/h8-9,14H,6-7H2,1-5H3,(H,15,17). The minimum atomic E-state index is 0.0141. The van der Waals surface area contributed by atoms with Crippen molar-refractivity contribution in [3.8, 4) is 0 Å². The first-order valence-electron chi connectivity index (χ1n) is 6.10. The first-order chi connectivity index (χ1) is 7.99. The molecule has 0 atom stereocenters. The van der Waals surface area contributed by atoms with Crippen molar-refractivity contribution < 1.29 is 4.79 Å². The number of amides is 1. The summed E-state index contributed by atoms with van der Waals surface area (Å²) in [6, 6.07) is 2.35. The number of nitrogens with one attached hydrogen (secondary N) is 2. The fraction of sp³-hybridized carbons (Fsp3) is 0.615. The number of nitrogens with zero attached hydrogens (tertiary/aromatic N) is 1. The van der Waals surface area contributed by atoms with Crippen molar-refractivity contribution in [2.24, 2.45) is 0 Å². The van der Waals surface area contributed by atoms with Gasteiger partial charge in [-0.3, -0.25) is 4.79 Å². The summed E-state index contributed by atoms with van der Waals surface area (Å²) in [5.41, 5.74) is 2.96. The van der Waals surface area contributed by atoms with Gasteiger partial charge in [-0.2, -0.15) is 0 Å². The Morgan fingerprint density at radius 1 is 1.35 bits per heavy atom. The van der Waals surface area contributed by atoms with Gasteiger partial charge in [0.05, 0.1) is 5.56 Å². The van der Waals surface area contributed by atoms with E-state index in [4.69, 9.17) is 0 Å². The van der Waals surface area contributed by atoms with Crippen LogP contribution in [0.15, 0.2) is 6.07 Å². The first-order valence-corrected chi connectivity index (χ1v) is 6.10. The lowest BCUT2D eigenvalue weighted by Gasteiger charge is -2.13. The number of hydrogen-bond acceptors (Lipinski definition) is 2. The van der Waals surface area contributed by atoms with Crippen LogP contribution in [0.3, 0.4) is 0 Å². The molecule has 0 bridgehead atoms. The maximum Gasteiger partial charge on any atom is 0.253 e. The molecule has 1 rings (SSSR count). The van der Waals surface area contributed by atoms with Gasteiger partial charge in [0, 0.05) is 30.5 Å². The Morgan fingerprint density at radius 3 is 2.47 bits per heavy atom. The maximum absolute atomic E-state index is 12.0. The molecule has 0 aromatic carbocycles. The fourth-order valence-corrected chi connectivity index (χ4v) is 2.20. The minimum absolute atomic E-state index is 0.0141. The highest BCUT2D eigenvalue weighted by Gasteiger charge is 2.16. The van der Waals surface area contributed by atoms with E-state index in [2.05, 4.69) is 29.0 Å². The summed E-state index contributed by atoms with van der Waals surface area (Å²) in [5.74, 6) is 0.0141. The van der Waals surface area contributed by atoms with E-state index >= 15 is 0 Å². The molecule has 0 fully saturated rings. The van der Waals surface area contributed by atoms with Crippen LogP contribution in [0.2, 0.25) is 0 Å². The molecule has 1 aromatic rings. The highest BCUT2D eigenvalue weighted by Crippen LogP contribution is 2.19. The van der Waals surface area contributed by atoms with Crippen LogP contribution in [0.25, 0.3) is 0 Å². The van der Waals surface area contributed by atoms with Crippen LogP contribution in [0, 0.1) is 13.8 Å². The molecule has 0 saturated carbocycles. The molecule has 0 unspecified atom stereocenters. The molecule has 0 radical (unpaired) electrons. The van der Waals surface area contributed by atoms with Crippen LogP contribution in [-0.2, 0) is 0 Å². The predicted octanol–water partition coefficient (Wildman–Crippen LogP) is 1.64. The Bertz CT molecular complexity index is 394. The third-order valence-corrected chi connectivity index (χ3v) is 2.91. The number of aromatic nitrogens is 1. The van der Waals surface area contributed by atoms with Crippen LogP contribution >= 0.6 is 0 Å². The van der Waals surface area contributed by atoms with E-state index in [1.54, 1.807) is 0 Å². The molecular formula is C13H23N3O. The summed E-state index contributed by atoms with van der Waals surface area (Å²) < 4.78 is 2.19. The monoisotopic (exact) mass is 237 g/mol. The second-order valence-electron chi connectivity index (χ2n) is 4.61. The lowest BCUT2D eigenvalue weighted by molar-refractivity contribution is 0.0953. The van der Waals surface area contributed by atoms with Crippen LogP contribution in [0.1, 0.15) is 41.6 Å². The lowest BCUT2D eigenvalue weighted by Crippen LogP contribution is -2.30. The first kappa shape index (κ1) is 13.8. The van der Waals surface area contributed by atoms with Crippen molar-refractivity contribution in [3.05, 3.63) is 23.0 Å². The molecule has 4 nitrogen and oxygen atoms in total. The molecule has 0 saturated heterocycles. The molecule has 0 aliphatic carbocycles. The summed E-state index contributed by atoms with van der Waals surface area (Å²) in [6.07, 6.45) is 0. The SMILES string of the molecule is CNCCNC(=O)c1cc(C)n(C(C)C)c1C. The van der Waals surface area contributed by atoms with Gasteiger partial charge in [0.25, 0.3) is 5.91 Å². The molecule has 2 N–H and O–H groups in total. The third-order valence-electron chi connectivity index (χ3n) is 2.91. The average molecular weight is 237 g/mol. The van der Waals surface area contributed by atoms with Crippen LogP contribution in [0.4, 0.5) is 0 Å². The summed E-state index contributed by atoms with van der Waals surface area (Å²) >= 11 is 0. The number of rotatable bonds is 5. The molecule has 0 aliphatic rings. The zero-order valence-corrected chi connectivity index (χ0v) is 11.4. The molecular weight excluding hydrogens is 214 g/mol. The van der Waals surface area contributed by atoms with Gasteiger partial charge in [-0.25, -0.2) is 0 Å². The van der Waals surface area contributed by atoms with Crippen LogP contribution in [-0.4, -0.2) is 30.6 Å². The van der Waals surface area contributed by atoms with Gasteiger partial charge in [-0.1, -0.05) is 0 Å². The maximum atomic E-state index is 12.0. The van der Waals surface area contributed by atoms with Gasteiger partial charge in [-0.15, -0.1) is 0 Å². The van der Waals surface area contributed by atoms with Crippen molar-refractivity contribution in [1.29, 1.82) is 0 Å². The number of hydrogen-bond donors (Lipinski definition) is 2. The number of likely N-dealkylation sites (N-methyl/N-ethyl adjacent to an activating group) is 1. The van der Waals surface area contributed by atoms with E-state index in [1.165, 1.54) is 0 Å². The van der Waals surface area contributed by atoms with Gasteiger partial charge in [0.15, 0.2) is 0 Å². The smallest absolute Gasteiger partial charge is 0.253 e. The Hall–Kier alpha value is -1.29. The quantitative estimate of drug-likeness (QED) is 0.765.